The second-order valence-electron chi connectivity index (χ2n) is 6.06. The van der Waals surface area contributed by atoms with E-state index in [1.54, 1.807) is 11.3 Å². The predicted octanol–water partition coefficient (Wildman–Crippen LogP) is 4.55. The fourth-order valence-corrected chi connectivity index (χ4v) is 2.82. The normalized spacial score (nSPS) is 13.1. The van der Waals surface area contributed by atoms with Crippen LogP contribution in [0.25, 0.3) is 0 Å². The lowest BCUT2D eigenvalue weighted by Crippen LogP contribution is -2.27. The molecule has 2 rings (SSSR count). The zero-order valence-electron chi connectivity index (χ0n) is 12.8. The molecule has 0 spiro atoms. The molecular weight excluding hydrogens is 266 g/mol. The average molecular weight is 289 g/mol. The summed E-state index contributed by atoms with van der Waals surface area (Å²) in [7, 11) is 2.09. The topological polar surface area (TPSA) is 28.2 Å². The molecule has 1 N–H and O–H groups in total. The third-order valence-corrected chi connectivity index (χ3v) is 4.18. The van der Waals surface area contributed by atoms with Crippen molar-refractivity contribution >= 4 is 23.0 Å². The molecule has 1 atom stereocenters. The number of anilines is 2. The van der Waals surface area contributed by atoms with Crippen LogP contribution in [0.4, 0.5) is 11.6 Å². The van der Waals surface area contributed by atoms with Gasteiger partial charge in [0.2, 0.25) is 0 Å². The highest BCUT2D eigenvalue weighted by molar-refractivity contribution is 7.10. The summed E-state index contributed by atoms with van der Waals surface area (Å²) in [5, 5.41) is 5.53. The van der Waals surface area contributed by atoms with E-state index in [0.29, 0.717) is 6.04 Å². The molecule has 0 saturated heterocycles. The van der Waals surface area contributed by atoms with Crippen molar-refractivity contribution in [2.45, 2.75) is 39.3 Å². The second kappa shape index (κ2) is 5.83. The summed E-state index contributed by atoms with van der Waals surface area (Å²) in [5.74, 6) is 1.90. The van der Waals surface area contributed by atoms with Gasteiger partial charge in [-0.05, 0) is 51.3 Å². The quantitative estimate of drug-likeness (QED) is 0.895. The third-order valence-electron chi connectivity index (χ3n) is 3.13. The molecule has 2 aromatic heterocycles. The second-order valence-corrected chi connectivity index (χ2v) is 7.04. The molecule has 2 heterocycles. The van der Waals surface area contributed by atoms with Gasteiger partial charge in [0, 0.05) is 17.5 Å². The van der Waals surface area contributed by atoms with Crippen molar-refractivity contribution in [1.29, 1.82) is 0 Å². The van der Waals surface area contributed by atoms with E-state index in [-0.39, 0.29) is 5.54 Å². The first-order valence-corrected chi connectivity index (χ1v) is 7.76. The highest BCUT2D eigenvalue weighted by atomic mass is 32.1. The third kappa shape index (κ3) is 3.73. The summed E-state index contributed by atoms with van der Waals surface area (Å²) in [6.45, 7) is 8.62. The maximum atomic E-state index is 4.71. The number of nitrogens with one attached hydrogen (secondary N) is 1. The van der Waals surface area contributed by atoms with E-state index in [1.165, 1.54) is 4.88 Å². The molecule has 0 saturated carbocycles. The van der Waals surface area contributed by atoms with Crippen molar-refractivity contribution in [3.63, 3.8) is 0 Å². The van der Waals surface area contributed by atoms with Gasteiger partial charge in [0.1, 0.15) is 11.6 Å². The Balaban J connectivity index is 2.18. The zero-order chi connectivity index (χ0) is 14.8. The molecule has 108 valence electrons. The van der Waals surface area contributed by atoms with Crippen LogP contribution in [0.1, 0.15) is 38.6 Å². The van der Waals surface area contributed by atoms with Gasteiger partial charge in [0.25, 0.3) is 0 Å². The van der Waals surface area contributed by atoms with Crippen LogP contribution in [0.2, 0.25) is 0 Å². The summed E-state index contributed by atoms with van der Waals surface area (Å²) in [4.78, 5) is 8.27. The molecule has 0 aliphatic carbocycles. The summed E-state index contributed by atoms with van der Waals surface area (Å²) in [6.07, 6.45) is 0. The van der Waals surface area contributed by atoms with E-state index in [2.05, 4.69) is 68.5 Å². The lowest BCUT2D eigenvalue weighted by Gasteiger charge is -2.27. The molecule has 0 aromatic carbocycles. The van der Waals surface area contributed by atoms with Crippen molar-refractivity contribution in [3.8, 4) is 0 Å². The fraction of sp³-hybridized carbons (Fsp3) is 0.438. The summed E-state index contributed by atoms with van der Waals surface area (Å²) in [6, 6.07) is 10.7. The van der Waals surface area contributed by atoms with Crippen LogP contribution in [0.5, 0.6) is 0 Å². The number of hydrogen-bond acceptors (Lipinski definition) is 4. The summed E-state index contributed by atoms with van der Waals surface area (Å²) in [5.41, 5.74) is 0.0174. The molecule has 0 aliphatic rings. The Kier molecular flexibility index (Phi) is 4.33. The van der Waals surface area contributed by atoms with Gasteiger partial charge in [-0.25, -0.2) is 4.98 Å². The molecule has 0 bridgehead atoms. The van der Waals surface area contributed by atoms with Crippen molar-refractivity contribution in [1.82, 2.24) is 4.98 Å². The predicted molar refractivity (Wildman–Crippen MR) is 88.7 cm³/mol. The average Bonchev–Trinajstić information content (AvgIpc) is 2.89. The molecule has 20 heavy (non-hydrogen) atoms. The van der Waals surface area contributed by atoms with E-state index in [1.807, 2.05) is 12.1 Å². The van der Waals surface area contributed by atoms with Crippen LogP contribution in [0.3, 0.4) is 0 Å². The zero-order valence-corrected chi connectivity index (χ0v) is 13.7. The first-order chi connectivity index (χ1) is 9.37. The monoisotopic (exact) mass is 289 g/mol. The molecule has 0 amide bonds. The molecule has 2 aromatic rings. The highest BCUT2D eigenvalue weighted by Gasteiger charge is 2.16. The smallest absolute Gasteiger partial charge is 0.131 e. The minimum atomic E-state index is 0.0174. The van der Waals surface area contributed by atoms with Crippen molar-refractivity contribution < 1.29 is 0 Å². The lowest BCUT2D eigenvalue weighted by molar-refractivity contribution is 0.629. The van der Waals surface area contributed by atoms with Crippen molar-refractivity contribution in [2.75, 3.05) is 17.3 Å². The van der Waals surface area contributed by atoms with E-state index in [4.69, 9.17) is 4.98 Å². The van der Waals surface area contributed by atoms with Gasteiger partial charge >= 0.3 is 0 Å². The number of pyridine rings is 1. The van der Waals surface area contributed by atoms with E-state index < -0.39 is 0 Å². The Bertz CT molecular complexity index is 543. The first kappa shape index (κ1) is 14.9. The summed E-state index contributed by atoms with van der Waals surface area (Å²) >= 11 is 1.78. The number of nitrogens with zero attached hydrogens (tertiary/aromatic N) is 2. The van der Waals surface area contributed by atoms with Gasteiger partial charge in [-0.1, -0.05) is 12.1 Å². The number of aromatic nitrogens is 1. The largest absolute Gasteiger partial charge is 0.365 e. The van der Waals surface area contributed by atoms with E-state index in [0.717, 1.165) is 11.6 Å². The van der Waals surface area contributed by atoms with Gasteiger partial charge in [-0.3, -0.25) is 0 Å². The van der Waals surface area contributed by atoms with Gasteiger partial charge in [0.05, 0.1) is 6.04 Å². The maximum Gasteiger partial charge on any atom is 0.131 e. The Morgan fingerprint density at radius 2 is 1.95 bits per heavy atom. The first-order valence-electron chi connectivity index (χ1n) is 6.88. The fourth-order valence-electron chi connectivity index (χ4n) is 1.99. The Morgan fingerprint density at radius 3 is 2.55 bits per heavy atom. The van der Waals surface area contributed by atoms with Gasteiger partial charge < -0.3 is 10.2 Å². The van der Waals surface area contributed by atoms with Gasteiger partial charge in [-0.2, -0.15) is 0 Å². The van der Waals surface area contributed by atoms with E-state index in [9.17, 15) is 0 Å². The van der Waals surface area contributed by atoms with Crippen molar-refractivity contribution in [2.24, 2.45) is 0 Å². The molecule has 0 fully saturated rings. The summed E-state index contributed by atoms with van der Waals surface area (Å²) < 4.78 is 0. The minimum absolute atomic E-state index is 0.0174. The number of thiophene rings is 1. The maximum absolute atomic E-state index is 4.71. The van der Waals surface area contributed by atoms with Gasteiger partial charge in [0.15, 0.2) is 0 Å². The Morgan fingerprint density at radius 1 is 1.20 bits per heavy atom. The highest BCUT2D eigenvalue weighted by Crippen LogP contribution is 2.27. The van der Waals surface area contributed by atoms with E-state index >= 15 is 0 Å². The van der Waals surface area contributed by atoms with Crippen molar-refractivity contribution in [3.05, 3.63) is 40.6 Å². The number of rotatable bonds is 4. The standard InChI is InChI=1S/C16H23N3S/c1-12(13-8-7-11-20-13)19(5)15-10-6-9-14(17-15)18-16(2,3)4/h6-12H,1-5H3,(H,17,18). The lowest BCUT2D eigenvalue weighted by atomic mass is 10.1. The molecule has 1 unspecified atom stereocenters. The Labute approximate surface area is 125 Å². The van der Waals surface area contributed by atoms with Crippen LogP contribution in [0, 0.1) is 0 Å². The molecular formula is C16H23N3S. The molecule has 3 nitrogen and oxygen atoms in total. The number of hydrogen-bond donors (Lipinski definition) is 1. The van der Waals surface area contributed by atoms with Crippen LogP contribution < -0.4 is 10.2 Å². The SMILES string of the molecule is CC(c1cccs1)N(C)c1cccc(NC(C)(C)C)n1. The molecule has 0 aliphatic heterocycles. The minimum Gasteiger partial charge on any atom is -0.365 e. The van der Waals surface area contributed by atoms with Crippen LogP contribution in [-0.4, -0.2) is 17.6 Å². The molecule has 0 radical (unpaired) electrons. The van der Waals surface area contributed by atoms with Crippen LogP contribution in [-0.2, 0) is 0 Å². The Hall–Kier alpha value is -1.55. The van der Waals surface area contributed by atoms with Crippen LogP contribution in [0.15, 0.2) is 35.7 Å². The van der Waals surface area contributed by atoms with Crippen LogP contribution >= 0.6 is 11.3 Å². The molecule has 4 heteroatoms. The van der Waals surface area contributed by atoms with Gasteiger partial charge in [-0.15, -0.1) is 11.3 Å².